The zero-order valence-corrected chi connectivity index (χ0v) is 10.0. The van der Waals surface area contributed by atoms with Gasteiger partial charge in [-0.15, -0.1) is 0 Å². The second-order valence-electron chi connectivity index (χ2n) is 3.77. The van der Waals surface area contributed by atoms with Gasteiger partial charge in [0.2, 0.25) is 0 Å². The number of alkyl halides is 3. The van der Waals surface area contributed by atoms with Crippen molar-refractivity contribution in [1.29, 1.82) is 0 Å². The highest BCUT2D eigenvalue weighted by Gasteiger charge is 2.31. The summed E-state index contributed by atoms with van der Waals surface area (Å²) in [6, 6.07) is 4.68. The van der Waals surface area contributed by atoms with Gasteiger partial charge in [0, 0.05) is 18.7 Å². The molecule has 1 aromatic carbocycles. The van der Waals surface area contributed by atoms with Crippen LogP contribution in [0.15, 0.2) is 24.3 Å². The number of anilines is 1. The van der Waals surface area contributed by atoms with Gasteiger partial charge < -0.3 is 5.73 Å². The Morgan fingerprint density at radius 1 is 1.28 bits per heavy atom. The molecule has 0 aliphatic heterocycles. The van der Waals surface area contributed by atoms with Crippen molar-refractivity contribution in [2.24, 2.45) is 7.05 Å². The number of nitrogen functional groups attached to an aromatic ring is 1. The van der Waals surface area contributed by atoms with E-state index in [4.69, 9.17) is 17.3 Å². The number of aromatic nitrogens is 2. The van der Waals surface area contributed by atoms with Crippen LogP contribution in [-0.2, 0) is 13.2 Å². The van der Waals surface area contributed by atoms with Crippen molar-refractivity contribution in [3.05, 3.63) is 34.9 Å². The molecular formula is C11H9ClF3N3. The maximum absolute atomic E-state index is 12.5. The van der Waals surface area contributed by atoms with E-state index in [1.165, 1.54) is 10.7 Å². The lowest BCUT2D eigenvalue weighted by atomic mass is 10.1. The number of hydrogen-bond acceptors (Lipinski definition) is 2. The molecule has 0 aliphatic carbocycles. The van der Waals surface area contributed by atoms with Crippen LogP contribution in [0.4, 0.5) is 19.0 Å². The van der Waals surface area contributed by atoms with Crippen molar-refractivity contribution in [1.82, 2.24) is 9.78 Å². The minimum Gasteiger partial charge on any atom is -0.384 e. The van der Waals surface area contributed by atoms with Gasteiger partial charge in [-0.25, -0.2) is 0 Å². The number of benzene rings is 1. The highest BCUT2D eigenvalue weighted by atomic mass is 35.5. The first-order valence-corrected chi connectivity index (χ1v) is 5.33. The van der Waals surface area contributed by atoms with E-state index in [0.29, 0.717) is 17.1 Å². The Bertz CT molecular complexity index is 570. The van der Waals surface area contributed by atoms with Crippen LogP contribution in [0.1, 0.15) is 5.56 Å². The van der Waals surface area contributed by atoms with Crippen LogP contribution in [0.2, 0.25) is 5.02 Å². The molecule has 96 valence electrons. The maximum Gasteiger partial charge on any atom is 0.416 e. The van der Waals surface area contributed by atoms with Crippen molar-refractivity contribution in [2.75, 3.05) is 5.73 Å². The van der Waals surface area contributed by atoms with Crippen molar-refractivity contribution in [3.63, 3.8) is 0 Å². The number of aryl methyl sites for hydroxylation is 1. The minimum absolute atomic E-state index is 0.0112. The average Bonchev–Trinajstić information content (AvgIpc) is 2.57. The lowest BCUT2D eigenvalue weighted by Crippen LogP contribution is -2.04. The van der Waals surface area contributed by atoms with Gasteiger partial charge in [0.1, 0.15) is 5.82 Å². The molecule has 3 nitrogen and oxygen atoms in total. The molecular weight excluding hydrogens is 267 g/mol. The van der Waals surface area contributed by atoms with Gasteiger partial charge in [-0.1, -0.05) is 17.7 Å². The van der Waals surface area contributed by atoms with E-state index in [-0.39, 0.29) is 5.02 Å². The molecule has 0 radical (unpaired) electrons. The molecule has 2 N–H and O–H groups in total. The number of nitrogens with zero attached hydrogens (tertiary/aromatic N) is 2. The lowest BCUT2D eigenvalue weighted by Gasteiger charge is -2.08. The normalized spacial score (nSPS) is 11.8. The van der Waals surface area contributed by atoms with Gasteiger partial charge >= 0.3 is 6.18 Å². The zero-order chi connectivity index (χ0) is 13.5. The Morgan fingerprint density at radius 2 is 1.94 bits per heavy atom. The van der Waals surface area contributed by atoms with Gasteiger partial charge in [0.25, 0.3) is 0 Å². The Morgan fingerprint density at radius 3 is 2.39 bits per heavy atom. The highest BCUT2D eigenvalue weighted by Crippen LogP contribution is 2.35. The van der Waals surface area contributed by atoms with Gasteiger partial charge in [0.05, 0.1) is 16.3 Å². The van der Waals surface area contributed by atoms with Crippen LogP contribution in [0.25, 0.3) is 11.3 Å². The molecule has 0 spiro atoms. The number of hydrogen-bond donors (Lipinski definition) is 1. The fourth-order valence-electron chi connectivity index (χ4n) is 1.51. The van der Waals surface area contributed by atoms with Crippen LogP contribution in [-0.4, -0.2) is 9.78 Å². The molecule has 0 saturated carbocycles. The quantitative estimate of drug-likeness (QED) is 0.867. The van der Waals surface area contributed by atoms with E-state index in [2.05, 4.69) is 5.10 Å². The average molecular weight is 276 g/mol. The third kappa shape index (κ3) is 2.28. The van der Waals surface area contributed by atoms with Crippen molar-refractivity contribution < 1.29 is 13.2 Å². The fourth-order valence-corrected chi connectivity index (χ4v) is 1.79. The SMILES string of the molecule is Cn1nc(-c2ccc(C(F)(F)F)cc2Cl)cc1N. The van der Waals surface area contributed by atoms with Crippen LogP contribution >= 0.6 is 11.6 Å². The van der Waals surface area contributed by atoms with E-state index in [1.807, 2.05) is 0 Å². The molecule has 1 heterocycles. The smallest absolute Gasteiger partial charge is 0.384 e. The molecule has 18 heavy (non-hydrogen) atoms. The summed E-state index contributed by atoms with van der Waals surface area (Å²) in [6.45, 7) is 0. The summed E-state index contributed by atoms with van der Waals surface area (Å²) < 4.78 is 38.8. The summed E-state index contributed by atoms with van der Waals surface area (Å²) in [5.74, 6) is 0.404. The molecule has 7 heteroatoms. The lowest BCUT2D eigenvalue weighted by molar-refractivity contribution is -0.137. The first kappa shape index (κ1) is 12.8. The van der Waals surface area contributed by atoms with E-state index >= 15 is 0 Å². The summed E-state index contributed by atoms with van der Waals surface area (Å²) in [4.78, 5) is 0. The van der Waals surface area contributed by atoms with E-state index in [0.717, 1.165) is 12.1 Å². The monoisotopic (exact) mass is 275 g/mol. The van der Waals surface area contributed by atoms with Crippen molar-refractivity contribution in [3.8, 4) is 11.3 Å². The summed E-state index contributed by atoms with van der Waals surface area (Å²) in [6.07, 6.45) is -4.41. The van der Waals surface area contributed by atoms with Crippen LogP contribution in [0.5, 0.6) is 0 Å². The van der Waals surface area contributed by atoms with Crippen LogP contribution < -0.4 is 5.73 Å². The van der Waals surface area contributed by atoms with Crippen molar-refractivity contribution >= 4 is 17.4 Å². The Labute approximate surface area is 106 Å². The standard InChI is InChI=1S/C11H9ClF3N3/c1-18-10(16)5-9(17-18)7-3-2-6(4-8(7)12)11(13,14)15/h2-5H,16H2,1H3. The molecule has 0 fully saturated rings. The number of halogens is 4. The molecule has 0 aliphatic rings. The van der Waals surface area contributed by atoms with Gasteiger partial charge in [0.15, 0.2) is 0 Å². The number of nitrogens with two attached hydrogens (primary N) is 1. The molecule has 0 saturated heterocycles. The summed E-state index contributed by atoms with van der Waals surface area (Å²) >= 11 is 5.84. The maximum atomic E-state index is 12.5. The van der Waals surface area contributed by atoms with Crippen molar-refractivity contribution in [2.45, 2.75) is 6.18 Å². The first-order valence-electron chi connectivity index (χ1n) is 4.95. The predicted octanol–water partition coefficient (Wildman–Crippen LogP) is 3.34. The third-order valence-corrected chi connectivity index (χ3v) is 2.80. The highest BCUT2D eigenvalue weighted by molar-refractivity contribution is 6.33. The van der Waals surface area contributed by atoms with Crippen LogP contribution in [0.3, 0.4) is 0 Å². The predicted molar refractivity (Wildman–Crippen MR) is 63.1 cm³/mol. The van der Waals surface area contributed by atoms with Gasteiger partial charge in [-0.2, -0.15) is 18.3 Å². The van der Waals surface area contributed by atoms with Gasteiger partial charge in [-0.3, -0.25) is 4.68 Å². The number of rotatable bonds is 1. The third-order valence-electron chi connectivity index (χ3n) is 2.49. The molecule has 0 atom stereocenters. The van der Waals surface area contributed by atoms with E-state index in [1.54, 1.807) is 13.1 Å². The minimum atomic E-state index is -4.41. The topological polar surface area (TPSA) is 43.8 Å². The van der Waals surface area contributed by atoms with E-state index < -0.39 is 11.7 Å². The summed E-state index contributed by atoms with van der Waals surface area (Å²) in [7, 11) is 1.64. The summed E-state index contributed by atoms with van der Waals surface area (Å²) in [5.41, 5.74) is 5.67. The molecule has 2 aromatic rings. The first-order chi connectivity index (χ1) is 8.29. The second kappa shape index (κ2) is 4.20. The van der Waals surface area contributed by atoms with E-state index in [9.17, 15) is 13.2 Å². The Kier molecular flexibility index (Phi) is 2.98. The fraction of sp³-hybridized carbons (Fsp3) is 0.182. The molecule has 0 amide bonds. The zero-order valence-electron chi connectivity index (χ0n) is 9.29. The van der Waals surface area contributed by atoms with Gasteiger partial charge in [-0.05, 0) is 12.1 Å². The Balaban J connectivity index is 2.48. The second-order valence-corrected chi connectivity index (χ2v) is 4.18. The summed E-state index contributed by atoms with van der Waals surface area (Å²) in [5, 5.41) is 4.05. The molecule has 0 unspecified atom stereocenters. The largest absolute Gasteiger partial charge is 0.416 e. The molecule has 0 bridgehead atoms. The van der Waals surface area contributed by atoms with Crippen LogP contribution in [0, 0.1) is 0 Å². The molecule has 1 aromatic heterocycles. The molecule has 2 rings (SSSR count). The Hall–Kier alpha value is -1.69.